The van der Waals surface area contributed by atoms with Crippen LogP contribution in [0.1, 0.15) is 10.5 Å². The maximum Gasteiger partial charge on any atom is 0.269 e. The van der Waals surface area contributed by atoms with Crippen molar-refractivity contribution in [2.24, 2.45) is 0 Å². The fourth-order valence-corrected chi connectivity index (χ4v) is 1.95. The average molecular weight is 278 g/mol. The van der Waals surface area contributed by atoms with Gasteiger partial charge in [-0.1, -0.05) is 29.8 Å². The Bertz CT molecular complexity index is 598. The Kier molecular flexibility index (Phi) is 4.35. The standard InChI is InChI=1S/C14H16ClN3O/c1-18(2)9-8-16-14(19)12-7-6-10-4-3-5-11(15)13(10)17-12/h3-7H,8-9H2,1-2H3,(H,16,19). The van der Waals surface area contributed by atoms with Crippen molar-refractivity contribution in [3.05, 3.63) is 41.0 Å². The largest absolute Gasteiger partial charge is 0.349 e. The summed E-state index contributed by atoms with van der Waals surface area (Å²) in [5.41, 5.74) is 1.05. The van der Waals surface area contributed by atoms with Gasteiger partial charge in [0.25, 0.3) is 5.91 Å². The Morgan fingerprint density at radius 1 is 1.32 bits per heavy atom. The molecular weight excluding hydrogens is 262 g/mol. The normalized spacial score (nSPS) is 10.9. The number of pyridine rings is 1. The fraction of sp³-hybridized carbons (Fsp3) is 0.286. The van der Waals surface area contributed by atoms with Crippen LogP contribution in [0.2, 0.25) is 5.02 Å². The number of aromatic nitrogens is 1. The molecular formula is C14H16ClN3O. The van der Waals surface area contributed by atoms with E-state index in [1.807, 2.05) is 37.2 Å². The maximum atomic E-state index is 11.9. The fourth-order valence-electron chi connectivity index (χ4n) is 1.72. The highest BCUT2D eigenvalue weighted by Gasteiger charge is 2.09. The molecule has 1 N–H and O–H groups in total. The molecule has 0 aliphatic carbocycles. The van der Waals surface area contributed by atoms with Gasteiger partial charge >= 0.3 is 0 Å². The van der Waals surface area contributed by atoms with E-state index in [1.54, 1.807) is 12.1 Å². The highest BCUT2D eigenvalue weighted by Crippen LogP contribution is 2.21. The molecule has 0 saturated carbocycles. The summed E-state index contributed by atoms with van der Waals surface area (Å²) in [5, 5.41) is 4.31. The predicted molar refractivity (Wildman–Crippen MR) is 77.6 cm³/mol. The molecule has 2 rings (SSSR count). The summed E-state index contributed by atoms with van der Waals surface area (Å²) in [6.45, 7) is 1.38. The number of likely N-dealkylation sites (N-methyl/N-ethyl adjacent to an activating group) is 1. The molecule has 4 nitrogen and oxygen atoms in total. The number of nitrogens with zero attached hydrogens (tertiary/aromatic N) is 2. The molecule has 0 spiro atoms. The number of hydrogen-bond acceptors (Lipinski definition) is 3. The van der Waals surface area contributed by atoms with Crippen LogP contribution in [0, 0.1) is 0 Å². The molecule has 100 valence electrons. The molecule has 0 aliphatic heterocycles. The van der Waals surface area contributed by atoms with E-state index in [-0.39, 0.29) is 5.91 Å². The van der Waals surface area contributed by atoms with Crippen LogP contribution in [0.5, 0.6) is 0 Å². The first-order valence-corrected chi connectivity index (χ1v) is 6.44. The van der Waals surface area contributed by atoms with E-state index < -0.39 is 0 Å². The van der Waals surface area contributed by atoms with Crippen LogP contribution >= 0.6 is 11.6 Å². The first kappa shape index (κ1) is 13.8. The van der Waals surface area contributed by atoms with Gasteiger partial charge in [0.15, 0.2) is 0 Å². The monoisotopic (exact) mass is 277 g/mol. The molecule has 1 amide bonds. The van der Waals surface area contributed by atoms with Gasteiger partial charge in [-0.2, -0.15) is 0 Å². The van der Waals surface area contributed by atoms with E-state index in [0.29, 0.717) is 22.8 Å². The van der Waals surface area contributed by atoms with Crippen molar-refractivity contribution in [3.8, 4) is 0 Å². The van der Waals surface area contributed by atoms with Gasteiger partial charge in [0.05, 0.1) is 10.5 Å². The molecule has 0 atom stereocenters. The minimum atomic E-state index is -0.177. The first-order valence-electron chi connectivity index (χ1n) is 6.06. The Labute approximate surface area is 117 Å². The number of halogens is 1. The predicted octanol–water partition coefficient (Wildman–Crippen LogP) is 2.18. The number of hydrogen-bond donors (Lipinski definition) is 1. The highest BCUT2D eigenvalue weighted by molar-refractivity contribution is 6.35. The van der Waals surface area contributed by atoms with Gasteiger partial charge in [-0.15, -0.1) is 0 Å². The molecule has 0 aliphatic rings. The molecule has 0 unspecified atom stereocenters. The lowest BCUT2D eigenvalue weighted by atomic mass is 10.2. The number of carbonyl (C=O) groups excluding carboxylic acids is 1. The summed E-state index contributed by atoms with van der Waals surface area (Å²) in [6, 6.07) is 9.12. The van der Waals surface area contributed by atoms with Crippen LogP contribution in [0.3, 0.4) is 0 Å². The third-order valence-electron chi connectivity index (χ3n) is 2.75. The zero-order valence-electron chi connectivity index (χ0n) is 11.0. The number of carbonyl (C=O) groups is 1. The lowest BCUT2D eigenvalue weighted by Crippen LogP contribution is -2.31. The van der Waals surface area contributed by atoms with Crippen LogP contribution in [-0.4, -0.2) is 43.0 Å². The Hall–Kier alpha value is -1.65. The second kappa shape index (κ2) is 5.99. The number of benzene rings is 1. The van der Waals surface area contributed by atoms with Gasteiger partial charge in [-0.25, -0.2) is 4.98 Å². The lowest BCUT2D eigenvalue weighted by Gasteiger charge is -2.10. The van der Waals surface area contributed by atoms with E-state index in [4.69, 9.17) is 11.6 Å². The van der Waals surface area contributed by atoms with E-state index in [9.17, 15) is 4.79 Å². The minimum Gasteiger partial charge on any atom is -0.349 e. The van der Waals surface area contributed by atoms with Crippen molar-refractivity contribution in [3.63, 3.8) is 0 Å². The van der Waals surface area contributed by atoms with Crippen molar-refractivity contribution in [2.75, 3.05) is 27.2 Å². The van der Waals surface area contributed by atoms with Crippen molar-refractivity contribution < 1.29 is 4.79 Å². The third kappa shape index (κ3) is 3.43. The molecule has 1 aromatic heterocycles. The number of amides is 1. The number of rotatable bonds is 4. The SMILES string of the molecule is CN(C)CCNC(=O)c1ccc2cccc(Cl)c2n1. The third-order valence-corrected chi connectivity index (χ3v) is 3.05. The van der Waals surface area contributed by atoms with Crippen LogP contribution in [0.4, 0.5) is 0 Å². The number of nitrogens with one attached hydrogen (secondary N) is 1. The van der Waals surface area contributed by atoms with Gasteiger partial charge in [0, 0.05) is 18.5 Å². The van der Waals surface area contributed by atoms with Gasteiger partial charge in [0.1, 0.15) is 5.69 Å². The molecule has 0 radical (unpaired) electrons. The summed E-state index contributed by atoms with van der Waals surface area (Å²) in [7, 11) is 3.92. The van der Waals surface area contributed by atoms with Crippen molar-refractivity contribution in [1.29, 1.82) is 0 Å². The maximum absolute atomic E-state index is 11.9. The molecule has 5 heteroatoms. The summed E-state index contributed by atoms with van der Waals surface area (Å²) in [5.74, 6) is -0.177. The molecule has 0 saturated heterocycles. The minimum absolute atomic E-state index is 0.177. The second-order valence-corrected chi connectivity index (χ2v) is 4.97. The Morgan fingerprint density at radius 3 is 2.84 bits per heavy atom. The highest BCUT2D eigenvalue weighted by atomic mass is 35.5. The van der Waals surface area contributed by atoms with E-state index >= 15 is 0 Å². The van der Waals surface area contributed by atoms with Gasteiger partial charge in [-0.3, -0.25) is 4.79 Å². The van der Waals surface area contributed by atoms with Crippen molar-refractivity contribution in [1.82, 2.24) is 15.2 Å². The van der Waals surface area contributed by atoms with Gasteiger partial charge in [0.2, 0.25) is 0 Å². The summed E-state index contributed by atoms with van der Waals surface area (Å²) in [6.07, 6.45) is 0. The molecule has 0 fully saturated rings. The van der Waals surface area contributed by atoms with Crippen LogP contribution < -0.4 is 5.32 Å². The molecule has 0 bridgehead atoms. The smallest absolute Gasteiger partial charge is 0.269 e. The molecule has 19 heavy (non-hydrogen) atoms. The van der Waals surface area contributed by atoms with Crippen LogP contribution in [0.25, 0.3) is 10.9 Å². The second-order valence-electron chi connectivity index (χ2n) is 4.57. The summed E-state index contributed by atoms with van der Waals surface area (Å²) < 4.78 is 0. The Balaban J connectivity index is 2.16. The summed E-state index contributed by atoms with van der Waals surface area (Å²) >= 11 is 6.08. The number of para-hydroxylation sites is 1. The zero-order valence-corrected chi connectivity index (χ0v) is 11.7. The van der Waals surface area contributed by atoms with Crippen molar-refractivity contribution >= 4 is 28.4 Å². The van der Waals surface area contributed by atoms with Gasteiger partial charge < -0.3 is 10.2 Å². The van der Waals surface area contributed by atoms with E-state index in [0.717, 1.165) is 11.9 Å². The zero-order chi connectivity index (χ0) is 13.8. The number of fused-ring (bicyclic) bond motifs is 1. The lowest BCUT2D eigenvalue weighted by molar-refractivity contribution is 0.0946. The van der Waals surface area contributed by atoms with Crippen molar-refractivity contribution in [2.45, 2.75) is 0 Å². The van der Waals surface area contributed by atoms with Gasteiger partial charge in [-0.05, 0) is 26.2 Å². The first-order chi connectivity index (χ1) is 9.08. The molecule has 1 heterocycles. The summed E-state index contributed by atoms with van der Waals surface area (Å²) in [4.78, 5) is 18.3. The van der Waals surface area contributed by atoms with Crippen LogP contribution in [0.15, 0.2) is 30.3 Å². The Morgan fingerprint density at radius 2 is 2.11 bits per heavy atom. The molecule has 2 aromatic rings. The quantitative estimate of drug-likeness (QED) is 0.932. The molecule has 1 aromatic carbocycles. The van der Waals surface area contributed by atoms with E-state index in [1.165, 1.54) is 0 Å². The van der Waals surface area contributed by atoms with E-state index in [2.05, 4.69) is 10.3 Å². The average Bonchev–Trinajstić information content (AvgIpc) is 2.38. The topological polar surface area (TPSA) is 45.2 Å². The van der Waals surface area contributed by atoms with Crippen LogP contribution in [-0.2, 0) is 0 Å².